The monoisotopic (exact) mass is 1210 g/mol. The average Bonchev–Trinajstić information content (AvgIpc) is 4.15. The lowest BCUT2D eigenvalue weighted by Gasteiger charge is -2.38. The van der Waals surface area contributed by atoms with E-state index in [0.29, 0.717) is 108 Å². The van der Waals surface area contributed by atoms with Crippen LogP contribution in [0.3, 0.4) is 0 Å². The fraction of sp³-hybridized carbons (Fsp3) is 0.873. The van der Waals surface area contributed by atoms with Gasteiger partial charge in [0, 0.05) is 37.0 Å². The lowest BCUT2D eigenvalue weighted by molar-refractivity contribution is -0.929. The molecule has 21 heteroatoms. The van der Waals surface area contributed by atoms with Crippen LogP contribution in [0.15, 0.2) is 0 Å². The van der Waals surface area contributed by atoms with E-state index < -0.39 is 6.10 Å². The topological polar surface area (TPSA) is 212 Å². The van der Waals surface area contributed by atoms with Crippen molar-refractivity contribution >= 4 is 29.8 Å². The van der Waals surface area contributed by atoms with Crippen molar-refractivity contribution in [2.45, 2.75) is 165 Å². The third-order valence-corrected chi connectivity index (χ3v) is 14.9. The lowest BCUT2D eigenvalue weighted by Crippen LogP contribution is -3.13. The maximum atomic E-state index is 11.4. The van der Waals surface area contributed by atoms with E-state index in [1.54, 1.807) is 0 Å². The van der Waals surface area contributed by atoms with Crippen LogP contribution < -0.4 is 20.4 Å². The van der Waals surface area contributed by atoms with Gasteiger partial charge in [0.15, 0.2) is 0 Å². The fourth-order valence-electron chi connectivity index (χ4n) is 10.2. The van der Waals surface area contributed by atoms with E-state index in [-0.39, 0.29) is 64.3 Å². The molecule has 5 aliphatic heterocycles. The van der Waals surface area contributed by atoms with Gasteiger partial charge >= 0.3 is 29.8 Å². The van der Waals surface area contributed by atoms with E-state index in [2.05, 4.69) is 101 Å². The summed E-state index contributed by atoms with van der Waals surface area (Å²) >= 11 is 0. The first kappa shape index (κ1) is 85.1. The number of esters is 5. The molecule has 0 amide bonds. The van der Waals surface area contributed by atoms with Gasteiger partial charge in [-0.15, -0.1) is 0 Å². The van der Waals surface area contributed by atoms with Crippen LogP contribution in [-0.4, -0.2) is 270 Å². The number of carbonyl (C=O) groups is 5. The zero-order valence-corrected chi connectivity index (χ0v) is 56.8. The maximum absolute atomic E-state index is 11.4. The molecule has 0 aromatic carbocycles. The molecule has 0 radical (unpaired) electrons. The van der Waals surface area contributed by atoms with Gasteiger partial charge in [0.1, 0.15) is 78.4 Å². The summed E-state index contributed by atoms with van der Waals surface area (Å²) < 4.78 is 44.5. The Balaban J connectivity index is -0.000000971. The first-order valence-corrected chi connectivity index (χ1v) is 31.1. The van der Waals surface area contributed by atoms with Gasteiger partial charge in [0.25, 0.3) is 0 Å². The SMILES string of the molecule is CC(C)NCC[N+]1(C)CCOC(=O)CC1.CC(C)NCC[NH+]1CCOC(=O)CC1.CC(COC(C)C)C[N+]1(C)CCOC(=O)CC1.CC(COC(C)C)C[NH+]1CCOC(=O)CC1.CCC[N+]1(CC(O)COC(C)C)CCOC(=O)CC1.[CH3-].[CH3-].[CH3-]. The number of aliphatic hydroxyl groups excluding tert-OH is 1. The average molecular weight is 1210 g/mol. The van der Waals surface area contributed by atoms with Crippen LogP contribution in [0.4, 0.5) is 0 Å². The van der Waals surface area contributed by atoms with E-state index in [9.17, 15) is 29.1 Å². The highest BCUT2D eigenvalue weighted by Crippen LogP contribution is 2.17. The third kappa shape index (κ3) is 44.4. The normalized spacial score (nSPS) is 24.9. The van der Waals surface area contributed by atoms with E-state index >= 15 is 0 Å². The van der Waals surface area contributed by atoms with E-state index in [1.807, 2.05) is 13.8 Å². The predicted molar refractivity (Wildman–Crippen MR) is 334 cm³/mol. The van der Waals surface area contributed by atoms with Gasteiger partial charge in [-0.25, -0.2) is 0 Å². The number of quaternary nitrogens is 5. The van der Waals surface area contributed by atoms with Crippen LogP contribution in [0, 0.1) is 34.1 Å². The van der Waals surface area contributed by atoms with Gasteiger partial charge in [-0.05, 0) is 48.0 Å². The molecule has 500 valence electrons. The van der Waals surface area contributed by atoms with Gasteiger partial charge in [0.05, 0.1) is 150 Å². The summed E-state index contributed by atoms with van der Waals surface area (Å²) in [6, 6.07) is 1.07. The summed E-state index contributed by atoms with van der Waals surface area (Å²) in [5, 5.41) is 16.9. The molecule has 0 saturated carbocycles. The highest BCUT2D eigenvalue weighted by molar-refractivity contribution is 5.70. The predicted octanol–water partition coefficient (Wildman–Crippen LogP) is 2.81. The van der Waals surface area contributed by atoms with E-state index in [1.165, 1.54) is 9.80 Å². The largest absolute Gasteiger partial charge is 0.460 e. The number of nitrogens with one attached hydrogen (secondary N) is 4. The van der Waals surface area contributed by atoms with Crippen molar-refractivity contribution in [2.24, 2.45) is 11.8 Å². The van der Waals surface area contributed by atoms with E-state index in [4.69, 9.17) is 37.9 Å². The number of carbonyl (C=O) groups excluding carboxylic acids is 5. The Labute approximate surface area is 512 Å². The van der Waals surface area contributed by atoms with Gasteiger partial charge in [0.2, 0.25) is 0 Å². The molecule has 0 aromatic rings. The molecule has 0 aromatic heterocycles. The number of ether oxygens (including phenoxy) is 8. The Kier molecular flexibility index (Phi) is 48.5. The molecule has 0 bridgehead atoms. The van der Waals surface area contributed by atoms with Gasteiger partial charge < -0.3 is 99.2 Å². The maximum Gasteiger partial charge on any atom is 0.311 e. The molecule has 5 heterocycles. The van der Waals surface area contributed by atoms with Crippen molar-refractivity contribution in [2.75, 3.05) is 185 Å². The summed E-state index contributed by atoms with van der Waals surface area (Å²) in [5.41, 5.74) is 0. The highest BCUT2D eigenvalue weighted by Gasteiger charge is 2.34. The minimum Gasteiger partial charge on any atom is -0.460 e. The number of hydrogen-bond donors (Lipinski definition) is 5. The number of cyclic esters (lactones) is 5. The Morgan fingerprint density at radius 1 is 0.476 bits per heavy atom. The van der Waals surface area contributed by atoms with Crippen LogP contribution >= 0.6 is 0 Å². The smallest absolute Gasteiger partial charge is 0.311 e. The second-order valence-electron chi connectivity index (χ2n) is 25.3. The lowest BCUT2D eigenvalue weighted by atomic mass is 10.1. The third-order valence-electron chi connectivity index (χ3n) is 14.9. The van der Waals surface area contributed by atoms with Crippen molar-refractivity contribution < 1.29 is 90.2 Å². The number of nitrogens with zero attached hydrogens (tertiary/aromatic N) is 3. The second-order valence-corrected chi connectivity index (χ2v) is 25.3. The van der Waals surface area contributed by atoms with Crippen molar-refractivity contribution in [1.82, 2.24) is 10.6 Å². The minimum atomic E-state index is -0.484. The molecular formula is C63H131N7O14+2. The van der Waals surface area contributed by atoms with Crippen LogP contribution in [0.2, 0.25) is 0 Å². The Morgan fingerprint density at radius 3 is 1.40 bits per heavy atom. The number of rotatable bonds is 25. The highest BCUT2D eigenvalue weighted by atomic mass is 16.6. The van der Waals surface area contributed by atoms with Crippen molar-refractivity contribution in [1.29, 1.82) is 0 Å². The van der Waals surface area contributed by atoms with Crippen molar-refractivity contribution in [3.05, 3.63) is 22.3 Å². The molecule has 8 unspecified atom stereocenters. The van der Waals surface area contributed by atoms with Gasteiger partial charge in [-0.3, -0.25) is 24.0 Å². The van der Waals surface area contributed by atoms with Crippen molar-refractivity contribution in [3.63, 3.8) is 0 Å². The summed E-state index contributed by atoms with van der Waals surface area (Å²) in [6.07, 6.45) is 3.91. The standard InChI is InChI=1S/C14H28NO4.C13H26NO3.C12H23NO3.C11H23N2O2.C10H20N2O2.3CH3/c1-4-6-15(7-5-14(17)18-9-8-15)10-13(16)11-19-12(2)3;1-11(2)17-10-12(3)9-14(4)6-5-13(15)16-8-7-14;1-10(2)16-9-11(3)8-13-5-4-12(14)15-7-6-13;1-10(2)12-5-7-13(3)6-4-11(14)15-9-8-13;1-9(2)11-4-6-12-5-3-10(13)14-8-7-12;;;/h12-13,16H,4-11H2,1-3H3;11-12H,5-10H2,1-4H3;10-11H,4-9H2,1-3H3;10,12H,4-9H2,1-3H3;9,11H,3-8H2,1-2H3;3*1H3/q2*+1;;+1;;3*-1/p+2. The second kappa shape index (κ2) is 47.9. The Morgan fingerprint density at radius 2 is 0.893 bits per heavy atom. The van der Waals surface area contributed by atoms with Crippen LogP contribution in [0.25, 0.3) is 0 Å². The van der Waals surface area contributed by atoms with Crippen LogP contribution in [0.5, 0.6) is 0 Å². The first-order valence-electron chi connectivity index (χ1n) is 31.1. The molecule has 0 aliphatic carbocycles. The number of hydrogen-bond acceptors (Lipinski definition) is 16. The molecule has 5 rings (SSSR count). The van der Waals surface area contributed by atoms with Crippen LogP contribution in [0.1, 0.15) is 129 Å². The summed E-state index contributed by atoms with van der Waals surface area (Å²) in [5.74, 6) is 0.717. The quantitative estimate of drug-likeness (QED) is 0.0385. The Hall–Kier alpha value is -3.09. The zero-order chi connectivity index (χ0) is 60.9. The molecule has 5 fully saturated rings. The number of likely N-dealkylation sites (N-methyl/N-ethyl adjacent to an activating group) is 2. The van der Waals surface area contributed by atoms with Gasteiger partial charge in [-0.2, -0.15) is 0 Å². The molecule has 84 heavy (non-hydrogen) atoms. The molecular weight excluding hydrogens is 1080 g/mol. The minimum absolute atomic E-state index is 0. The fourth-order valence-corrected chi connectivity index (χ4v) is 10.2. The zero-order valence-electron chi connectivity index (χ0n) is 56.8. The summed E-state index contributed by atoms with van der Waals surface area (Å²) in [4.78, 5) is 58.6. The van der Waals surface area contributed by atoms with Crippen LogP contribution in [-0.2, 0) is 61.9 Å². The molecule has 0 spiro atoms. The molecule has 8 atom stereocenters. The molecule has 5 saturated heterocycles. The van der Waals surface area contributed by atoms with Gasteiger partial charge in [-0.1, -0.05) is 48.5 Å². The first-order chi connectivity index (χ1) is 38.2. The summed E-state index contributed by atoms with van der Waals surface area (Å²) in [7, 11) is 4.40. The molecule has 5 N–H and O–H groups in total. The Bertz CT molecular complexity index is 1720. The molecule has 21 nitrogen and oxygen atoms in total. The number of aliphatic hydroxyl groups is 1. The summed E-state index contributed by atoms with van der Waals surface area (Å²) in [6.45, 7) is 48.7. The van der Waals surface area contributed by atoms with E-state index in [0.717, 1.165) is 144 Å². The van der Waals surface area contributed by atoms with Crippen molar-refractivity contribution in [3.8, 4) is 0 Å². The molecule has 5 aliphatic rings.